The summed E-state index contributed by atoms with van der Waals surface area (Å²) in [6.45, 7) is 0. The third-order valence-corrected chi connectivity index (χ3v) is 6.48. The van der Waals surface area contributed by atoms with Crippen molar-refractivity contribution >= 4 is 39.4 Å². The van der Waals surface area contributed by atoms with E-state index in [0.717, 1.165) is 5.56 Å². The highest BCUT2D eigenvalue weighted by molar-refractivity contribution is 7.92. The number of benzene rings is 3. The van der Waals surface area contributed by atoms with Crippen LogP contribution in [0.25, 0.3) is 6.08 Å². The molecule has 0 radical (unpaired) electrons. The average molecular weight is 451 g/mol. The normalized spacial score (nSPS) is 11.2. The van der Waals surface area contributed by atoms with Gasteiger partial charge in [0.05, 0.1) is 17.7 Å². The van der Waals surface area contributed by atoms with Crippen LogP contribution < -0.4 is 9.62 Å². The fraction of sp³-hybridized carbons (Fsp3) is 0.0833. The molecule has 164 valence electrons. The number of methoxy groups -OCH3 is 1. The van der Waals surface area contributed by atoms with Crippen LogP contribution in [0, 0.1) is 0 Å². The summed E-state index contributed by atoms with van der Waals surface area (Å²) in [6, 6.07) is 21.4. The third-order valence-electron chi connectivity index (χ3n) is 4.68. The first-order valence-corrected chi connectivity index (χ1v) is 11.1. The molecular weight excluding hydrogens is 428 g/mol. The second-order valence-corrected chi connectivity index (χ2v) is 8.73. The van der Waals surface area contributed by atoms with Gasteiger partial charge in [-0.2, -0.15) is 0 Å². The Kier molecular flexibility index (Phi) is 7.07. The van der Waals surface area contributed by atoms with E-state index in [4.69, 9.17) is 0 Å². The number of hydrogen-bond acceptors (Lipinski definition) is 5. The van der Waals surface area contributed by atoms with E-state index in [1.165, 1.54) is 48.8 Å². The topological polar surface area (TPSA) is 92.8 Å². The van der Waals surface area contributed by atoms with Gasteiger partial charge in [0.25, 0.3) is 15.9 Å². The maximum atomic E-state index is 12.8. The molecule has 0 unspecified atom stereocenters. The first-order chi connectivity index (χ1) is 15.3. The van der Waals surface area contributed by atoms with Crippen molar-refractivity contribution in [1.82, 2.24) is 0 Å². The van der Waals surface area contributed by atoms with Gasteiger partial charge >= 0.3 is 5.97 Å². The minimum absolute atomic E-state index is 0.114. The largest absolute Gasteiger partial charge is 0.466 e. The molecule has 0 saturated carbocycles. The summed E-state index contributed by atoms with van der Waals surface area (Å²) < 4.78 is 31.4. The molecule has 32 heavy (non-hydrogen) atoms. The molecule has 0 bridgehead atoms. The van der Waals surface area contributed by atoms with Crippen molar-refractivity contribution in [3.05, 3.63) is 96.1 Å². The van der Waals surface area contributed by atoms with E-state index in [9.17, 15) is 18.0 Å². The summed E-state index contributed by atoms with van der Waals surface area (Å²) >= 11 is 0. The highest BCUT2D eigenvalue weighted by atomic mass is 32.2. The van der Waals surface area contributed by atoms with Crippen LogP contribution in [-0.2, 0) is 19.6 Å². The van der Waals surface area contributed by atoms with Crippen LogP contribution in [0.5, 0.6) is 0 Å². The Bertz CT molecular complexity index is 1220. The van der Waals surface area contributed by atoms with Crippen LogP contribution in [0.4, 0.5) is 11.4 Å². The zero-order chi connectivity index (χ0) is 23.1. The standard InChI is InChI=1S/C24H22N2O5S/c1-26(21-6-4-3-5-7-21)32(29,30)22-15-13-20(14-16-22)25-24(28)19-11-8-18(9-12-19)10-17-23(27)31-2/h3-17H,1-2H3,(H,25,28)/b17-10+. The Labute approximate surface area is 187 Å². The number of nitrogens with zero attached hydrogens (tertiary/aromatic N) is 1. The van der Waals surface area contributed by atoms with Gasteiger partial charge in [0, 0.05) is 24.4 Å². The molecule has 3 rings (SSSR count). The number of carbonyl (C=O) groups excluding carboxylic acids is 2. The molecule has 0 atom stereocenters. The SMILES string of the molecule is COC(=O)/C=C/c1ccc(C(=O)Nc2ccc(S(=O)(=O)N(C)c3ccccc3)cc2)cc1. The molecule has 8 heteroatoms. The fourth-order valence-electron chi connectivity index (χ4n) is 2.83. The summed E-state index contributed by atoms with van der Waals surface area (Å²) in [5.74, 6) is -0.808. The van der Waals surface area contributed by atoms with Crippen LogP contribution in [0.15, 0.2) is 89.8 Å². The molecule has 0 aliphatic heterocycles. The van der Waals surface area contributed by atoms with Gasteiger partial charge < -0.3 is 10.1 Å². The minimum Gasteiger partial charge on any atom is -0.466 e. The van der Waals surface area contributed by atoms with Crippen molar-refractivity contribution in [2.45, 2.75) is 4.90 Å². The van der Waals surface area contributed by atoms with Gasteiger partial charge in [0.15, 0.2) is 0 Å². The van der Waals surface area contributed by atoms with E-state index in [1.807, 2.05) is 6.07 Å². The van der Waals surface area contributed by atoms with Gasteiger partial charge in [-0.25, -0.2) is 13.2 Å². The molecule has 0 spiro atoms. The van der Waals surface area contributed by atoms with Gasteiger partial charge in [0.1, 0.15) is 0 Å². The average Bonchev–Trinajstić information content (AvgIpc) is 2.83. The zero-order valence-electron chi connectivity index (χ0n) is 17.6. The van der Waals surface area contributed by atoms with Crippen molar-refractivity contribution in [3.63, 3.8) is 0 Å². The molecule has 0 fully saturated rings. The highest BCUT2D eigenvalue weighted by Crippen LogP contribution is 2.23. The van der Waals surface area contributed by atoms with E-state index < -0.39 is 16.0 Å². The molecule has 3 aromatic carbocycles. The number of esters is 1. The molecule has 0 heterocycles. The second-order valence-electron chi connectivity index (χ2n) is 6.77. The lowest BCUT2D eigenvalue weighted by Gasteiger charge is -2.19. The Morgan fingerprint density at radius 1 is 0.906 bits per heavy atom. The quantitative estimate of drug-likeness (QED) is 0.435. The van der Waals surface area contributed by atoms with E-state index >= 15 is 0 Å². The van der Waals surface area contributed by atoms with Gasteiger partial charge in [-0.05, 0) is 60.2 Å². The van der Waals surface area contributed by atoms with Gasteiger partial charge in [-0.1, -0.05) is 30.3 Å². The summed E-state index contributed by atoms with van der Waals surface area (Å²) in [7, 11) is -0.941. The molecule has 1 N–H and O–H groups in total. The van der Waals surface area contributed by atoms with Gasteiger partial charge in [-0.3, -0.25) is 9.10 Å². The van der Waals surface area contributed by atoms with Crippen molar-refractivity contribution in [1.29, 1.82) is 0 Å². The number of hydrogen-bond donors (Lipinski definition) is 1. The molecule has 7 nitrogen and oxygen atoms in total. The lowest BCUT2D eigenvalue weighted by Crippen LogP contribution is -2.26. The number of nitrogens with one attached hydrogen (secondary N) is 1. The molecule has 0 saturated heterocycles. The fourth-order valence-corrected chi connectivity index (χ4v) is 4.02. The van der Waals surface area contributed by atoms with E-state index in [0.29, 0.717) is 16.9 Å². The van der Waals surface area contributed by atoms with Crippen LogP contribution in [-0.4, -0.2) is 34.5 Å². The number of anilines is 2. The number of sulfonamides is 1. The Balaban J connectivity index is 1.68. The van der Waals surface area contributed by atoms with Crippen LogP contribution in [0.2, 0.25) is 0 Å². The lowest BCUT2D eigenvalue weighted by molar-refractivity contribution is -0.134. The number of ether oxygens (including phenoxy) is 1. The highest BCUT2D eigenvalue weighted by Gasteiger charge is 2.21. The summed E-state index contributed by atoms with van der Waals surface area (Å²) in [5, 5.41) is 2.74. The Morgan fingerprint density at radius 2 is 1.53 bits per heavy atom. The molecular formula is C24H22N2O5S. The zero-order valence-corrected chi connectivity index (χ0v) is 18.4. The van der Waals surface area contributed by atoms with Crippen molar-refractivity contribution in [3.8, 4) is 0 Å². The van der Waals surface area contributed by atoms with Crippen LogP contribution >= 0.6 is 0 Å². The molecule has 0 aromatic heterocycles. The van der Waals surface area contributed by atoms with Crippen molar-refractivity contribution in [2.24, 2.45) is 0 Å². The minimum atomic E-state index is -3.73. The Morgan fingerprint density at radius 3 is 2.12 bits per heavy atom. The van der Waals surface area contributed by atoms with E-state index in [2.05, 4.69) is 10.1 Å². The van der Waals surface area contributed by atoms with Crippen LogP contribution in [0.3, 0.4) is 0 Å². The summed E-state index contributed by atoms with van der Waals surface area (Å²) in [6.07, 6.45) is 2.87. The van der Waals surface area contributed by atoms with Gasteiger partial charge in [0.2, 0.25) is 0 Å². The second kappa shape index (κ2) is 9.93. The number of rotatable bonds is 7. The van der Waals surface area contributed by atoms with Crippen molar-refractivity contribution in [2.75, 3.05) is 23.8 Å². The van der Waals surface area contributed by atoms with Gasteiger partial charge in [-0.15, -0.1) is 0 Å². The number of amides is 1. The molecule has 0 aliphatic rings. The lowest BCUT2D eigenvalue weighted by atomic mass is 10.1. The van der Waals surface area contributed by atoms with E-state index in [1.54, 1.807) is 54.6 Å². The molecule has 0 aliphatic carbocycles. The Hall–Kier alpha value is -3.91. The smallest absolute Gasteiger partial charge is 0.330 e. The predicted molar refractivity (Wildman–Crippen MR) is 124 cm³/mol. The first-order valence-electron chi connectivity index (χ1n) is 9.63. The van der Waals surface area contributed by atoms with Crippen LogP contribution in [0.1, 0.15) is 15.9 Å². The predicted octanol–water partition coefficient (Wildman–Crippen LogP) is 3.95. The maximum Gasteiger partial charge on any atom is 0.330 e. The van der Waals surface area contributed by atoms with E-state index in [-0.39, 0.29) is 10.8 Å². The summed E-state index contributed by atoms with van der Waals surface area (Å²) in [4.78, 5) is 23.7. The summed E-state index contributed by atoms with van der Waals surface area (Å²) in [5.41, 5.74) is 2.17. The number of para-hydroxylation sites is 1. The third kappa shape index (κ3) is 5.41. The number of carbonyl (C=O) groups is 2. The monoisotopic (exact) mass is 450 g/mol. The first kappa shape index (κ1) is 22.8. The molecule has 1 amide bonds. The van der Waals surface area contributed by atoms with Crippen molar-refractivity contribution < 1.29 is 22.7 Å². The molecule has 3 aromatic rings. The maximum absolute atomic E-state index is 12.8.